The van der Waals surface area contributed by atoms with Crippen molar-refractivity contribution in [2.75, 3.05) is 13.6 Å². The minimum Gasteiger partial charge on any atom is -0.340 e. The summed E-state index contributed by atoms with van der Waals surface area (Å²) in [5, 5.41) is 0. The topological polar surface area (TPSA) is 86.4 Å². The van der Waals surface area contributed by atoms with Gasteiger partial charge in [-0.25, -0.2) is 13.4 Å². The fourth-order valence-corrected chi connectivity index (χ4v) is 6.58. The largest absolute Gasteiger partial charge is 0.340 e. The van der Waals surface area contributed by atoms with Crippen molar-refractivity contribution in [2.24, 2.45) is 0 Å². The van der Waals surface area contributed by atoms with E-state index in [1.54, 1.807) is 31.3 Å². The molecule has 1 amide bonds. The van der Waals surface area contributed by atoms with Crippen molar-refractivity contribution in [3.63, 3.8) is 0 Å². The Hall–Kier alpha value is -2.71. The predicted octanol–water partition coefficient (Wildman–Crippen LogP) is 4.49. The molecule has 1 aliphatic carbocycles. The van der Waals surface area contributed by atoms with Crippen LogP contribution in [0, 0.1) is 0 Å². The number of fused-ring (bicyclic) bond motifs is 1. The molecule has 1 saturated carbocycles. The van der Waals surface area contributed by atoms with Crippen LogP contribution in [-0.2, 0) is 10.0 Å². The number of carbonyl (C=O) groups excluding carboxylic acids is 1. The fourth-order valence-electron chi connectivity index (χ4n) is 5.17. The van der Waals surface area contributed by atoms with Gasteiger partial charge in [0, 0.05) is 25.2 Å². The number of nitrogens with zero attached hydrogens (tertiary/aromatic N) is 3. The zero-order valence-electron chi connectivity index (χ0n) is 18.9. The van der Waals surface area contributed by atoms with E-state index in [-0.39, 0.29) is 22.9 Å². The van der Waals surface area contributed by atoms with Gasteiger partial charge in [0.15, 0.2) is 0 Å². The van der Waals surface area contributed by atoms with Gasteiger partial charge in [-0.3, -0.25) is 4.79 Å². The monoisotopic (exact) mass is 466 g/mol. The van der Waals surface area contributed by atoms with Gasteiger partial charge in [0.1, 0.15) is 5.82 Å². The maximum Gasteiger partial charge on any atom is 0.254 e. The van der Waals surface area contributed by atoms with Crippen LogP contribution < -0.4 is 0 Å². The highest BCUT2D eigenvalue weighted by Gasteiger charge is 2.33. The van der Waals surface area contributed by atoms with Crippen molar-refractivity contribution in [1.82, 2.24) is 19.2 Å². The van der Waals surface area contributed by atoms with E-state index in [9.17, 15) is 13.2 Å². The molecule has 3 aromatic rings. The Balaban J connectivity index is 1.34. The summed E-state index contributed by atoms with van der Waals surface area (Å²) in [5.41, 5.74) is 2.35. The summed E-state index contributed by atoms with van der Waals surface area (Å²) in [5.74, 6) is 0.706. The normalized spacial score (nSPS) is 20.1. The van der Waals surface area contributed by atoms with Crippen molar-refractivity contribution >= 4 is 27.0 Å². The number of benzene rings is 2. The van der Waals surface area contributed by atoms with Gasteiger partial charge in [-0.1, -0.05) is 31.4 Å². The van der Waals surface area contributed by atoms with Crippen molar-refractivity contribution in [1.29, 1.82) is 0 Å². The van der Waals surface area contributed by atoms with E-state index in [1.165, 1.54) is 10.7 Å². The lowest BCUT2D eigenvalue weighted by molar-refractivity contribution is 0.0730. The maximum absolute atomic E-state index is 13.3. The van der Waals surface area contributed by atoms with E-state index >= 15 is 0 Å². The Morgan fingerprint density at radius 3 is 2.45 bits per heavy atom. The van der Waals surface area contributed by atoms with Crippen LogP contribution in [0.5, 0.6) is 0 Å². The Morgan fingerprint density at radius 1 is 1.00 bits per heavy atom. The van der Waals surface area contributed by atoms with Gasteiger partial charge in [-0.2, -0.15) is 4.31 Å². The van der Waals surface area contributed by atoms with Crippen molar-refractivity contribution in [2.45, 2.75) is 61.9 Å². The van der Waals surface area contributed by atoms with Gasteiger partial charge in [-0.15, -0.1) is 0 Å². The number of hydrogen-bond donors (Lipinski definition) is 1. The van der Waals surface area contributed by atoms with E-state index in [4.69, 9.17) is 4.98 Å². The lowest BCUT2D eigenvalue weighted by Gasteiger charge is -2.30. The van der Waals surface area contributed by atoms with Crippen LogP contribution in [0.4, 0.5) is 0 Å². The molecule has 1 atom stereocenters. The summed E-state index contributed by atoms with van der Waals surface area (Å²) in [6.07, 6.45) is 6.89. The first-order chi connectivity index (χ1) is 15.9. The molecule has 0 bridgehead atoms. The van der Waals surface area contributed by atoms with E-state index in [0.717, 1.165) is 55.4 Å². The van der Waals surface area contributed by atoms with Crippen LogP contribution >= 0.6 is 0 Å². The molecule has 174 valence electrons. The van der Waals surface area contributed by atoms with E-state index < -0.39 is 10.0 Å². The molecule has 33 heavy (non-hydrogen) atoms. The summed E-state index contributed by atoms with van der Waals surface area (Å²) in [4.78, 5) is 23.4. The lowest BCUT2D eigenvalue weighted by atomic mass is 9.96. The molecule has 8 heteroatoms. The van der Waals surface area contributed by atoms with E-state index in [0.29, 0.717) is 12.1 Å². The lowest BCUT2D eigenvalue weighted by Crippen LogP contribution is -2.38. The highest BCUT2D eigenvalue weighted by Crippen LogP contribution is 2.33. The summed E-state index contributed by atoms with van der Waals surface area (Å²) in [7, 11) is -1.90. The average molecular weight is 467 g/mol. The third-order valence-electron chi connectivity index (χ3n) is 7.10. The molecule has 1 N–H and O–H groups in total. The molecular formula is C25H30N4O3S. The number of nitrogens with one attached hydrogen (secondary N) is 1. The first-order valence-corrected chi connectivity index (χ1v) is 13.2. The van der Waals surface area contributed by atoms with Crippen molar-refractivity contribution < 1.29 is 13.2 Å². The van der Waals surface area contributed by atoms with Crippen LogP contribution in [0.1, 0.15) is 67.2 Å². The Labute approximate surface area is 194 Å². The molecule has 2 aliphatic rings. The molecule has 5 rings (SSSR count). The number of amides is 1. The van der Waals surface area contributed by atoms with Gasteiger partial charge in [0.2, 0.25) is 10.0 Å². The Bertz CT molecular complexity index is 1210. The number of H-pyrrole nitrogens is 1. The number of aromatic amines is 1. The Kier molecular flexibility index (Phi) is 5.97. The van der Waals surface area contributed by atoms with Crippen LogP contribution in [0.3, 0.4) is 0 Å². The number of para-hydroxylation sites is 2. The molecule has 2 aromatic carbocycles. The number of sulfonamides is 1. The van der Waals surface area contributed by atoms with Gasteiger partial charge in [0.25, 0.3) is 5.91 Å². The van der Waals surface area contributed by atoms with Crippen LogP contribution in [0.25, 0.3) is 11.0 Å². The molecule has 7 nitrogen and oxygen atoms in total. The maximum atomic E-state index is 13.3. The number of aromatic nitrogens is 2. The van der Waals surface area contributed by atoms with Crippen LogP contribution in [-0.4, -0.2) is 53.1 Å². The molecule has 2 fully saturated rings. The molecule has 0 radical (unpaired) electrons. The third kappa shape index (κ3) is 4.17. The molecule has 1 saturated heterocycles. The predicted molar refractivity (Wildman–Crippen MR) is 127 cm³/mol. The minimum absolute atomic E-state index is 0.0548. The third-order valence-corrected chi connectivity index (χ3v) is 9.03. The minimum atomic E-state index is -3.58. The highest BCUT2D eigenvalue weighted by molar-refractivity contribution is 7.89. The quantitative estimate of drug-likeness (QED) is 0.600. The van der Waals surface area contributed by atoms with Gasteiger partial charge >= 0.3 is 0 Å². The second-order valence-corrected chi connectivity index (χ2v) is 11.1. The summed E-state index contributed by atoms with van der Waals surface area (Å²) >= 11 is 0. The molecule has 0 unspecified atom stereocenters. The summed E-state index contributed by atoms with van der Waals surface area (Å²) < 4.78 is 27.7. The number of rotatable bonds is 5. The van der Waals surface area contributed by atoms with Crippen LogP contribution in [0.15, 0.2) is 53.4 Å². The molecule has 2 heterocycles. The fraction of sp³-hybridized carbons (Fsp3) is 0.440. The van der Waals surface area contributed by atoms with E-state index in [2.05, 4.69) is 4.98 Å². The second kappa shape index (κ2) is 8.91. The Morgan fingerprint density at radius 2 is 1.73 bits per heavy atom. The van der Waals surface area contributed by atoms with E-state index in [1.807, 2.05) is 29.2 Å². The van der Waals surface area contributed by atoms with Crippen LogP contribution in [0.2, 0.25) is 0 Å². The second-order valence-electron chi connectivity index (χ2n) is 9.13. The SMILES string of the molecule is CN(C1CCCCC1)S(=O)(=O)c1ccc(C(=O)N2CCC[C@@H]2c2nc3ccccc3[nH]2)cc1. The number of carbonyl (C=O) groups is 1. The number of likely N-dealkylation sites (tertiary alicyclic amines) is 1. The molecule has 1 aliphatic heterocycles. The molecule has 1 aromatic heterocycles. The average Bonchev–Trinajstić information content (AvgIpc) is 3.50. The zero-order valence-corrected chi connectivity index (χ0v) is 19.7. The number of hydrogen-bond acceptors (Lipinski definition) is 4. The van der Waals surface area contributed by atoms with Gasteiger partial charge < -0.3 is 9.88 Å². The number of imidazole rings is 1. The highest BCUT2D eigenvalue weighted by atomic mass is 32.2. The van der Waals surface area contributed by atoms with Gasteiger partial charge in [0.05, 0.1) is 22.0 Å². The van der Waals surface area contributed by atoms with Crippen molar-refractivity contribution in [3.8, 4) is 0 Å². The van der Waals surface area contributed by atoms with Gasteiger partial charge in [-0.05, 0) is 62.1 Å². The van der Waals surface area contributed by atoms with Crippen molar-refractivity contribution in [3.05, 3.63) is 59.9 Å². The molecule has 0 spiro atoms. The zero-order chi connectivity index (χ0) is 23.0. The summed E-state index contributed by atoms with van der Waals surface area (Å²) in [6.45, 7) is 0.658. The smallest absolute Gasteiger partial charge is 0.254 e. The molecular weight excluding hydrogens is 436 g/mol. The standard InChI is InChI=1S/C25H30N4O3S/c1-28(19-8-3-2-4-9-19)33(31,32)20-15-13-18(14-16-20)25(30)29-17-7-12-23(29)24-26-21-10-5-6-11-22(21)27-24/h5-6,10-11,13-16,19,23H,2-4,7-9,12,17H2,1H3,(H,26,27)/t23-/m1/s1. The first kappa shape index (κ1) is 22.1. The summed E-state index contributed by atoms with van der Waals surface area (Å²) in [6, 6.07) is 14.2. The first-order valence-electron chi connectivity index (χ1n) is 11.8.